The van der Waals surface area contributed by atoms with Crippen molar-refractivity contribution < 1.29 is 19.1 Å². The van der Waals surface area contributed by atoms with E-state index in [2.05, 4.69) is 37.8 Å². The lowest BCUT2D eigenvalue weighted by molar-refractivity contribution is -0.123. The van der Waals surface area contributed by atoms with Gasteiger partial charge in [-0.2, -0.15) is 10.4 Å². The molecule has 8 nitrogen and oxygen atoms in total. The zero-order chi connectivity index (χ0) is 28.4. The normalized spacial score (nSPS) is 11.6. The van der Waals surface area contributed by atoms with E-state index in [1.54, 1.807) is 48.5 Å². The number of nitrogens with zero attached hydrogens (tertiary/aromatic N) is 2. The molecule has 0 bridgehead atoms. The molecule has 0 radical (unpaired) electrons. The first-order valence-electron chi connectivity index (χ1n) is 12.1. The molecule has 0 fully saturated rings. The third kappa shape index (κ3) is 8.57. The first kappa shape index (κ1) is 29.7. The fraction of sp³-hybridized carbons (Fsp3) is 0.241. The molecule has 0 aliphatic carbocycles. The van der Waals surface area contributed by atoms with Crippen LogP contribution in [-0.4, -0.2) is 31.2 Å². The molecule has 0 aliphatic rings. The second-order valence-electron chi connectivity index (χ2n) is 8.99. The summed E-state index contributed by atoms with van der Waals surface area (Å²) in [5.41, 5.74) is 4.83. The third-order valence-corrected chi connectivity index (χ3v) is 6.43. The van der Waals surface area contributed by atoms with Gasteiger partial charge in [-0.1, -0.05) is 43.6 Å². The molecule has 1 unspecified atom stereocenters. The fourth-order valence-electron chi connectivity index (χ4n) is 3.65. The van der Waals surface area contributed by atoms with E-state index in [0.29, 0.717) is 44.1 Å². The van der Waals surface area contributed by atoms with Gasteiger partial charge >= 0.3 is 0 Å². The summed E-state index contributed by atoms with van der Waals surface area (Å²) < 4.78 is 12.0. The lowest BCUT2D eigenvalue weighted by Gasteiger charge is -2.19. The monoisotopic (exact) mass is 610 g/mol. The average molecular weight is 612 g/mol. The van der Waals surface area contributed by atoms with E-state index in [1.807, 2.05) is 26.0 Å². The number of rotatable bonds is 11. The van der Waals surface area contributed by atoms with Crippen molar-refractivity contribution in [2.45, 2.75) is 32.9 Å². The Morgan fingerprint density at radius 2 is 1.87 bits per heavy atom. The van der Waals surface area contributed by atoms with Crippen LogP contribution in [0.3, 0.4) is 0 Å². The molecule has 2 N–H and O–H groups in total. The number of carbonyl (C=O) groups is 2. The summed E-state index contributed by atoms with van der Waals surface area (Å²) in [5.74, 6) is 0.249. The van der Waals surface area contributed by atoms with Gasteiger partial charge in [-0.15, -0.1) is 0 Å². The first-order valence-corrected chi connectivity index (χ1v) is 13.3. The number of nitrogens with one attached hydrogen (secondary N) is 2. The van der Waals surface area contributed by atoms with E-state index >= 15 is 0 Å². The van der Waals surface area contributed by atoms with Crippen LogP contribution < -0.4 is 20.2 Å². The van der Waals surface area contributed by atoms with Gasteiger partial charge in [-0.3, -0.25) is 9.59 Å². The van der Waals surface area contributed by atoms with Crippen molar-refractivity contribution in [3.8, 4) is 17.6 Å². The van der Waals surface area contributed by atoms with Crippen molar-refractivity contribution in [2.75, 3.05) is 7.11 Å². The highest BCUT2D eigenvalue weighted by Crippen LogP contribution is 2.37. The predicted molar refractivity (Wildman–Crippen MR) is 154 cm³/mol. The number of hydrogen-bond donors (Lipinski definition) is 2. The zero-order valence-electron chi connectivity index (χ0n) is 21.7. The number of methoxy groups -OCH3 is 1. The SMILES string of the molecule is COc1cc(/C=N/NC(=O)C(CC(C)C)NC(=O)c2ccc(Cl)cc2)cc(Br)c1OCc1ccccc1C#N. The maximum absolute atomic E-state index is 12.9. The van der Waals surface area contributed by atoms with E-state index in [-0.39, 0.29) is 18.4 Å². The van der Waals surface area contributed by atoms with E-state index in [9.17, 15) is 14.9 Å². The molecule has 3 aromatic rings. The topological polar surface area (TPSA) is 113 Å². The molecule has 1 atom stereocenters. The van der Waals surface area contributed by atoms with Crippen molar-refractivity contribution in [2.24, 2.45) is 11.0 Å². The number of ether oxygens (including phenoxy) is 2. The molecule has 0 saturated heterocycles. The van der Waals surface area contributed by atoms with Gasteiger partial charge in [0, 0.05) is 16.1 Å². The van der Waals surface area contributed by atoms with E-state index in [1.165, 1.54) is 13.3 Å². The summed E-state index contributed by atoms with van der Waals surface area (Å²) >= 11 is 9.40. The predicted octanol–water partition coefficient (Wildman–Crippen LogP) is 5.86. The van der Waals surface area contributed by atoms with Crippen LogP contribution in [0.1, 0.15) is 47.3 Å². The molecule has 2 amide bonds. The number of halogens is 2. The first-order chi connectivity index (χ1) is 18.7. The Morgan fingerprint density at radius 1 is 1.15 bits per heavy atom. The summed E-state index contributed by atoms with van der Waals surface area (Å²) in [4.78, 5) is 25.5. The summed E-state index contributed by atoms with van der Waals surface area (Å²) in [5, 5.41) is 16.7. The van der Waals surface area contributed by atoms with Gasteiger partial charge in [0.1, 0.15) is 12.6 Å². The standard InChI is InChI=1S/C29H28BrClN4O4/c1-18(2)12-25(34-28(36)20-8-10-23(31)11-9-20)29(37)35-33-16-19-13-24(30)27(26(14-19)38-3)39-17-22-7-5-4-6-21(22)15-32/h4-11,13-14,16,18,25H,12,17H2,1-3H3,(H,34,36)(H,35,37)/b33-16+. The van der Waals surface area contributed by atoms with Crippen LogP contribution in [0.2, 0.25) is 5.02 Å². The minimum atomic E-state index is -0.779. The molecule has 39 heavy (non-hydrogen) atoms. The Morgan fingerprint density at radius 3 is 2.54 bits per heavy atom. The molecule has 0 heterocycles. The Hall–Kier alpha value is -3.87. The highest BCUT2D eigenvalue weighted by atomic mass is 79.9. The molecular formula is C29H28BrClN4O4. The summed E-state index contributed by atoms with van der Waals surface area (Å²) in [6, 6.07) is 18.5. The minimum Gasteiger partial charge on any atom is -0.493 e. The smallest absolute Gasteiger partial charge is 0.262 e. The summed E-state index contributed by atoms with van der Waals surface area (Å²) in [7, 11) is 1.51. The van der Waals surface area contributed by atoms with Crippen molar-refractivity contribution in [1.29, 1.82) is 5.26 Å². The van der Waals surface area contributed by atoms with Crippen LogP contribution >= 0.6 is 27.5 Å². The average Bonchev–Trinajstić information content (AvgIpc) is 2.92. The number of nitriles is 1. The number of amides is 2. The lowest BCUT2D eigenvalue weighted by atomic mass is 10.0. The van der Waals surface area contributed by atoms with Crippen LogP contribution in [0, 0.1) is 17.2 Å². The number of benzene rings is 3. The largest absolute Gasteiger partial charge is 0.493 e. The lowest BCUT2D eigenvalue weighted by Crippen LogP contribution is -2.46. The van der Waals surface area contributed by atoms with Crippen LogP contribution in [0.4, 0.5) is 0 Å². The third-order valence-electron chi connectivity index (χ3n) is 5.59. The quantitative estimate of drug-likeness (QED) is 0.208. The molecule has 3 aromatic carbocycles. The van der Waals surface area contributed by atoms with E-state index in [0.717, 1.165) is 5.56 Å². The van der Waals surface area contributed by atoms with Gasteiger partial charge in [0.25, 0.3) is 11.8 Å². The number of hydrazone groups is 1. The van der Waals surface area contributed by atoms with E-state index < -0.39 is 11.9 Å². The molecular weight excluding hydrogens is 584 g/mol. The minimum absolute atomic E-state index is 0.156. The van der Waals surface area contributed by atoms with Gasteiger partial charge in [0.05, 0.1) is 29.4 Å². The Kier molecular flexibility index (Phi) is 10.9. The van der Waals surface area contributed by atoms with Gasteiger partial charge < -0.3 is 14.8 Å². The summed E-state index contributed by atoms with van der Waals surface area (Å²) in [6.07, 6.45) is 1.90. The van der Waals surface area contributed by atoms with Crippen LogP contribution in [0.25, 0.3) is 0 Å². The second-order valence-corrected chi connectivity index (χ2v) is 10.3. The maximum atomic E-state index is 12.9. The highest BCUT2D eigenvalue weighted by Gasteiger charge is 2.22. The van der Waals surface area contributed by atoms with Gasteiger partial charge in [-0.25, -0.2) is 5.43 Å². The van der Waals surface area contributed by atoms with Crippen LogP contribution in [0.15, 0.2) is 70.2 Å². The molecule has 202 valence electrons. The van der Waals surface area contributed by atoms with Crippen molar-refractivity contribution in [1.82, 2.24) is 10.7 Å². The Labute approximate surface area is 241 Å². The highest BCUT2D eigenvalue weighted by molar-refractivity contribution is 9.10. The molecule has 0 aliphatic heterocycles. The Balaban J connectivity index is 1.68. The van der Waals surface area contributed by atoms with Crippen LogP contribution in [-0.2, 0) is 11.4 Å². The van der Waals surface area contributed by atoms with E-state index in [4.69, 9.17) is 21.1 Å². The van der Waals surface area contributed by atoms with Crippen molar-refractivity contribution in [3.05, 3.63) is 92.4 Å². The van der Waals surface area contributed by atoms with Crippen molar-refractivity contribution in [3.63, 3.8) is 0 Å². The summed E-state index contributed by atoms with van der Waals surface area (Å²) in [6.45, 7) is 4.11. The fourth-order valence-corrected chi connectivity index (χ4v) is 4.35. The second kappa shape index (κ2) is 14.3. The van der Waals surface area contributed by atoms with Gasteiger partial charge in [0.15, 0.2) is 11.5 Å². The molecule has 0 spiro atoms. The zero-order valence-corrected chi connectivity index (χ0v) is 24.0. The number of carbonyl (C=O) groups excluding carboxylic acids is 2. The number of hydrogen-bond acceptors (Lipinski definition) is 6. The van der Waals surface area contributed by atoms with Gasteiger partial charge in [0.2, 0.25) is 0 Å². The molecule has 10 heteroatoms. The van der Waals surface area contributed by atoms with Crippen LogP contribution in [0.5, 0.6) is 11.5 Å². The Bertz CT molecular complexity index is 1390. The molecule has 0 aromatic heterocycles. The van der Waals surface area contributed by atoms with Gasteiger partial charge in [-0.05, 0) is 76.3 Å². The molecule has 3 rings (SSSR count). The maximum Gasteiger partial charge on any atom is 0.262 e. The van der Waals surface area contributed by atoms with Crippen molar-refractivity contribution >= 4 is 45.6 Å². The molecule has 0 saturated carbocycles.